The van der Waals surface area contributed by atoms with Crippen molar-refractivity contribution in [3.8, 4) is 5.75 Å². The van der Waals surface area contributed by atoms with Crippen LogP contribution >= 0.6 is 11.3 Å². The Labute approximate surface area is 193 Å². The molecule has 4 rings (SSSR count). The predicted octanol–water partition coefficient (Wildman–Crippen LogP) is 5.75. The van der Waals surface area contributed by atoms with E-state index in [-0.39, 0.29) is 11.3 Å². The Morgan fingerprint density at radius 2 is 1.94 bits per heavy atom. The third-order valence-corrected chi connectivity index (χ3v) is 6.26. The van der Waals surface area contributed by atoms with Crippen molar-refractivity contribution in [2.75, 3.05) is 11.5 Å². The molecule has 1 atom stereocenters. The molecular weight excluding hydrogens is 448 g/mol. The molecule has 0 radical (unpaired) electrons. The lowest BCUT2D eigenvalue weighted by Crippen LogP contribution is -2.30. The Hall–Kier alpha value is -3.52. The van der Waals surface area contributed by atoms with Gasteiger partial charge < -0.3 is 9.84 Å². The zero-order chi connectivity index (χ0) is 23.7. The van der Waals surface area contributed by atoms with Crippen LogP contribution in [-0.2, 0) is 9.59 Å². The zero-order valence-corrected chi connectivity index (χ0v) is 18.8. The van der Waals surface area contributed by atoms with Crippen molar-refractivity contribution in [2.24, 2.45) is 0 Å². The van der Waals surface area contributed by atoms with Gasteiger partial charge in [-0.15, -0.1) is 11.3 Å². The maximum Gasteiger partial charge on any atom is 0.300 e. The number of carbonyl (C=O) groups excluding carboxylic acids is 2. The Morgan fingerprint density at radius 3 is 2.61 bits per heavy atom. The minimum Gasteiger partial charge on any atom is -0.507 e. The number of aliphatic hydroxyl groups is 1. The fraction of sp³-hybridized carbons (Fsp3) is 0.200. The number of benzene rings is 2. The van der Waals surface area contributed by atoms with Gasteiger partial charge >= 0.3 is 0 Å². The second-order valence-corrected chi connectivity index (χ2v) is 8.59. The Balaban J connectivity index is 1.87. The van der Waals surface area contributed by atoms with Gasteiger partial charge in [-0.3, -0.25) is 14.5 Å². The molecule has 1 aromatic heterocycles. The summed E-state index contributed by atoms with van der Waals surface area (Å²) in [5.41, 5.74) is 0.503. The largest absolute Gasteiger partial charge is 0.507 e. The first-order chi connectivity index (χ1) is 15.8. The number of aliphatic hydroxyl groups excluding tert-OH is 1. The number of hydrogen-bond donors (Lipinski definition) is 1. The monoisotopic (exact) mass is 469 g/mol. The van der Waals surface area contributed by atoms with Crippen molar-refractivity contribution in [3.05, 3.63) is 87.1 Å². The molecule has 0 bridgehead atoms. The molecule has 1 saturated heterocycles. The van der Waals surface area contributed by atoms with Gasteiger partial charge in [0.2, 0.25) is 0 Å². The summed E-state index contributed by atoms with van der Waals surface area (Å²) in [6.07, 6.45) is 0.835. The molecule has 1 amide bonds. The Bertz CT molecular complexity index is 1250. The van der Waals surface area contributed by atoms with Crippen molar-refractivity contribution >= 4 is 34.5 Å². The molecule has 1 fully saturated rings. The van der Waals surface area contributed by atoms with Gasteiger partial charge in [0.1, 0.15) is 29.2 Å². The van der Waals surface area contributed by atoms with Gasteiger partial charge in [-0.25, -0.2) is 8.78 Å². The predicted molar refractivity (Wildman–Crippen MR) is 122 cm³/mol. The van der Waals surface area contributed by atoms with Gasteiger partial charge in [-0.05, 0) is 60.7 Å². The fourth-order valence-electron chi connectivity index (χ4n) is 3.79. The highest BCUT2D eigenvalue weighted by atomic mass is 32.1. The van der Waals surface area contributed by atoms with Crippen molar-refractivity contribution in [3.63, 3.8) is 0 Å². The van der Waals surface area contributed by atoms with Crippen LogP contribution in [0.3, 0.4) is 0 Å². The third-order valence-electron chi connectivity index (χ3n) is 5.33. The molecular formula is C25H21F2NO4S. The van der Waals surface area contributed by atoms with E-state index in [0.29, 0.717) is 22.8 Å². The van der Waals surface area contributed by atoms with Crippen molar-refractivity contribution in [1.29, 1.82) is 0 Å². The minimum atomic E-state index is -1.10. The number of hydrogen-bond acceptors (Lipinski definition) is 5. The van der Waals surface area contributed by atoms with Gasteiger partial charge in [0, 0.05) is 16.5 Å². The molecule has 1 aliphatic heterocycles. The van der Waals surface area contributed by atoms with Crippen molar-refractivity contribution < 1.29 is 28.2 Å². The average molecular weight is 470 g/mol. The highest BCUT2D eigenvalue weighted by Gasteiger charge is 2.48. The van der Waals surface area contributed by atoms with Crippen LogP contribution in [-0.4, -0.2) is 23.4 Å². The molecule has 5 nitrogen and oxygen atoms in total. The SMILES string of the molecule is CCCOc1ccc(/C(O)=C2/C(=O)C(=O)N(c3cc(F)ccc3F)C2c2cccs2)cc1C. The lowest BCUT2D eigenvalue weighted by atomic mass is 9.98. The normalized spacial score (nSPS) is 17.6. The molecule has 0 spiro atoms. The number of carbonyl (C=O) groups is 2. The summed E-state index contributed by atoms with van der Waals surface area (Å²) in [6, 6.07) is 9.91. The van der Waals surface area contributed by atoms with Crippen LogP contribution in [0.25, 0.3) is 5.76 Å². The highest BCUT2D eigenvalue weighted by Crippen LogP contribution is 2.44. The molecule has 2 aromatic carbocycles. The molecule has 3 aromatic rings. The Morgan fingerprint density at radius 1 is 1.15 bits per heavy atom. The summed E-state index contributed by atoms with van der Waals surface area (Å²) in [7, 11) is 0. The van der Waals surface area contributed by atoms with E-state index in [1.54, 1.807) is 42.6 Å². The summed E-state index contributed by atoms with van der Waals surface area (Å²) in [4.78, 5) is 27.5. The molecule has 1 aliphatic rings. The lowest BCUT2D eigenvalue weighted by Gasteiger charge is -2.24. The smallest absolute Gasteiger partial charge is 0.300 e. The molecule has 1 N–H and O–H groups in total. The molecule has 33 heavy (non-hydrogen) atoms. The maximum atomic E-state index is 14.6. The molecule has 170 valence electrons. The van der Waals surface area contributed by atoms with E-state index >= 15 is 0 Å². The van der Waals surface area contributed by atoms with E-state index in [4.69, 9.17) is 4.74 Å². The number of thiophene rings is 1. The third kappa shape index (κ3) is 4.14. The lowest BCUT2D eigenvalue weighted by molar-refractivity contribution is -0.132. The van der Waals surface area contributed by atoms with Crippen LogP contribution < -0.4 is 9.64 Å². The minimum absolute atomic E-state index is 0.187. The number of ketones is 1. The number of anilines is 1. The zero-order valence-electron chi connectivity index (χ0n) is 18.0. The van der Waals surface area contributed by atoms with Crippen LogP contribution in [0, 0.1) is 18.6 Å². The molecule has 0 aliphatic carbocycles. The second-order valence-electron chi connectivity index (χ2n) is 7.61. The van der Waals surface area contributed by atoms with Gasteiger partial charge in [0.15, 0.2) is 0 Å². The summed E-state index contributed by atoms with van der Waals surface area (Å²) < 4.78 is 34.2. The van der Waals surface area contributed by atoms with E-state index < -0.39 is 35.1 Å². The molecule has 0 saturated carbocycles. The fourth-order valence-corrected chi connectivity index (χ4v) is 4.62. The number of Topliss-reactive ketones (excluding diaryl/α,β-unsaturated/α-hetero) is 1. The highest BCUT2D eigenvalue weighted by molar-refractivity contribution is 7.10. The number of aryl methyl sites for hydroxylation is 1. The topological polar surface area (TPSA) is 66.8 Å². The molecule has 2 heterocycles. The van der Waals surface area contributed by atoms with Crippen LogP contribution in [0.1, 0.15) is 35.4 Å². The number of ether oxygens (including phenoxy) is 1. The number of halogens is 2. The number of nitrogens with zero attached hydrogens (tertiary/aromatic N) is 1. The van der Waals surface area contributed by atoms with E-state index in [9.17, 15) is 23.5 Å². The summed E-state index contributed by atoms with van der Waals surface area (Å²) in [5, 5.41) is 12.9. The number of amides is 1. The van der Waals surface area contributed by atoms with E-state index in [1.165, 1.54) is 11.3 Å². The van der Waals surface area contributed by atoms with E-state index in [0.717, 1.165) is 35.1 Å². The van der Waals surface area contributed by atoms with Gasteiger partial charge in [0.05, 0.1) is 17.9 Å². The maximum absolute atomic E-state index is 14.6. The Kier molecular flexibility index (Phi) is 6.29. The quantitative estimate of drug-likeness (QED) is 0.284. The van der Waals surface area contributed by atoms with Crippen LogP contribution in [0.2, 0.25) is 0 Å². The summed E-state index contributed by atoms with van der Waals surface area (Å²) in [5.74, 6) is -3.37. The molecule has 1 unspecified atom stereocenters. The van der Waals surface area contributed by atoms with Crippen LogP contribution in [0.15, 0.2) is 59.5 Å². The molecule has 8 heteroatoms. The summed E-state index contributed by atoms with van der Waals surface area (Å²) in [6.45, 7) is 4.33. The van der Waals surface area contributed by atoms with E-state index in [2.05, 4.69) is 0 Å². The average Bonchev–Trinajstić information content (AvgIpc) is 3.41. The summed E-state index contributed by atoms with van der Waals surface area (Å²) >= 11 is 1.24. The first-order valence-corrected chi connectivity index (χ1v) is 11.2. The first kappa shape index (κ1) is 22.7. The van der Waals surface area contributed by atoms with Crippen LogP contribution in [0.4, 0.5) is 14.5 Å². The number of rotatable bonds is 6. The van der Waals surface area contributed by atoms with Crippen molar-refractivity contribution in [2.45, 2.75) is 26.3 Å². The second kappa shape index (κ2) is 9.15. The van der Waals surface area contributed by atoms with Crippen LogP contribution in [0.5, 0.6) is 5.75 Å². The standard InChI is InChI=1S/C25H21F2NO4S/c1-3-10-32-19-9-6-15(12-14(19)2)23(29)21-22(20-5-4-11-33-20)28(25(31)24(21)30)18-13-16(26)7-8-17(18)27/h4-9,11-13,22,29H,3,10H2,1-2H3/b23-21-. The van der Waals surface area contributed by atoms with Gasteiger partial charge in [-0.1, -0.05) is 13.0 Å². The van der Waals surface area contributed by atoms with E-state index in [1.807, 2.05) is 6.92 Å². The first-order valence-electron chi connectivity index (χ1n) is 10.4. The van der Waals surface area contributed by atoms with Gasteiger partial charge in [-0.2, -0.15) is 0 Å². The van der Waals surface area contributed by atoms with Gasteiger partial charge in [0.25, 0.3) is 11.7 Å². The van der Waals surface area contributed by atoms with Crippen molar-refractivity contribution in [1.82, 2.24) is 0 Å².